The fraction of sp³-hybridized carbons (Fsp3) is 0.391. The van der Waals surface area contributed by atoms with Gasteiger partial charge in [0.2, 0.25) is 0 Å². The lowest BCUT2D eigenvalue weighted by molar-refractivity contribution is 0.181. The summed E-state index contributed by atoms with van der Waals surface area (Å²) < 4.78 is 1.87. The second-order valence-electron chi connectivity index (χ2n) is 7.54. The minimum Gasteiger partial charge on any atom is -0.357 e. The molecule has 4 rings (SSSR count). The van der Waals surface area contributed by atoms with Crippen LogP contribution in [0.4, 0.5) is 0 Å². The molecule has 0 saturated carbocycles. The molecular formula is C23H31IN6S. The first-order chi connectivity index (χ1) is 14.7. The maximum absolute atomic E-state index is 4.77. The standard InChI is InChI=1S/C23H30N6S.HI/c1-3-24-23(25-15-20-9-12-27-28(20)2)26-16-21(18-7-5-4-6-8-18)29-13-10-22-19(17-29)11-14-30-22;/h4-9,11-12,14,21H,3,10,13,15-17H2,1-2H3,(H2,24,25,26);1H. The Hall–Kier alpha value is -1.91. The molecule has 3 heterocycles. The van der Waals surface area contributed by atoms with Crippen LogP contribution in [0.5, 0.6) is 0 Å². The highest BCUT2D eigenvalue weighted by Crippen LogP contribution is 2.30. The molecule has 2 N–H and O–H groups in total. The molecule has 1 aromatic carbocycles. The van der Waals surface area contributed by atoms with Gasteiger partial charge in [0.05, 0.1) is 18.3 Å². The van der Waals surface area contributed by atoms with Crippen LogP contribution < -0.4 is 10.6 Å². The fourth-order valence-electron chi connectivity index (χ4n) is 3.92. The van der Waals surface area contributed by atoms with Gasteiger partial charge in [-0.1, -0.05) is 30.3 Å². The van der Waals surface area contributed by atoms with E-state index in [1.54, 1.807) is 0 Å². The van der Waals surface area contributed by atoms with Gasteiger partial charge < -0.3 is 10.6 Å². The van der Waals surface area contributed by atoms with Crippen LogP contribution in [0.2, 0.25) is 0 Å². The average molecular weight is 551 g/mol. The Kier molecular flexibility index (Phi) is 8.91. The Morgan fingerprint density at radius 1 is 1.19 bits per heavy atom. The van der Waals surface area contributed by atoms with Crippen molar-refractivity contribution in [1.29, 1.82) is 0 Å². The normalized spacial score (nSPS) is 15.1. The predicted octanol–water partition coefficient (Wildman–Crippen LogP) is 3.95. The largest absolute Gasteiger partial charge is 0.357 e. The molecule has 0 radical (unpaired) electrons. The lowest BCUT2D eigenvalue weighted by Crippen LogP contribution is -2.44. The molecule has 0 bridgehead atoms. The van der Waals surface area contributed by atoms with E-state index in [1.165, 1.54) is 16.0 Å². The second-order valence-corrected chi connectivity index (χ2v) is 8.54. The number of benzene rings is 1. The number of aromatic nitrogens is 2. The molecule has 0 aliphatic carbocycles. The van der Waals surface area contributed by atoms with Gasteiger partial charge in [0.15, 0.2) is 5.96 Å². The van der Waals surface area contributed by atoms with E-state index in [2.05, 4.69) is 69.3 Å². The Morgan fingerprint density at radius 2 is 2.03 bits per heavy atom. The Balaban J connectivity index is 0.00000272. The Bertz CT molecular complexity index is 967. The van der Waals surface area contributed by atoms with Crippen LogP contribution in [0.3, 0.4) is 0 Å². The first kappa shape index (κ1) is 23.7. The van der Waals surface area contributed by atoms with Gasteiger partial charge in [-0.15, -0.1) is 35.3 Å². The Labute approximate surface area is 205 Å². The molecule has 3 aromatic rings. The summed E-state index contributed by atoms with van der Waals surface area (Å²) in [7, 11) is 1.95. The van der Waals surface area contributed by atoms with E-state index >= 15 is 0 Å². The lowest BCUT2D eigenvalue weighted by Gasteiger charge is -2.35. The highest BCUT2D eigenvalue weighted by Gasteiger charge is 2.25. The predicted molar refractivity (Wildman–Crippen MR) is 139 cm³/mol. The minimum atomic E-state index is 0. The molecule has 166 valence electrons. The molecule has 6 nitrogen and oxygen atoms in total. The van der Waals surface area contributed by atoms with Crippen molar-refractivity contribution in [3.63, 3.8) is 0 Å². The summed E-state index contributed by atoms with van der Waals surface area (Å²) in [5.41, 5.74) is 3.91. The van der Waals surface area contributed by atoms with E-state index in [4.69, 9.17) is 4.99 Å². The van der Waals surface area contributed by atoms with Crippen LogP contribution >= 0.6 is 35.3 Å². The van der Waals surface area contributed by atoms with Gasteiger partial charge >= 0.3 is 0 Å². The van der Waals surface area contributed by atoms with Crippen molar-refractivity contribution in [2.24, 2.45) is 12.0 Å². The summed E-state index contributed by atoms with van der Waals surface area (Å²) >= 11 is 1.89. The molecule has 0 amide bonds. The van der Waals surface area contributed by atoms with Crippen molar-refractivity contribution in [2.45, 2.75) is 32.5 Å². The fourth-order valence-corrected chi connectivity index (χ4v) is 4.81. The van der Waals surface area contributed by atoms with Crippen molar-refractivity contribution in [2.75, 3.05) is 19.6 Å². The third-order valence-electron chi connectivity index (χ3n) is 5.59. The molecule has 31 heavy (non-hydrogen) atoms. The number of aryl methyl sites for hydroxylation is 1. The van der Waals surface area contributed by atoms with E-state index < -0.39 is 0 Å². The molecular weight excluding hydrogens is 519 g/mol. The zero-order chi connectivity index (χ0) is 20.8. The van der Waals surface area contributed by atoms with Crippen molar-refractivity contribution >= 4 is 41.3 Å². The highest BCUT2D eigenvalue weighted by molar-refractivity contribution is 14.0. The molecule has 0 saturated heterocycles. The summed E-state index contributed by atoms with van der Waals surface area (Å²) in [5, 5.41) is 13.4. The van der Waals surface area contributed by atoms with Crippen molar-refractivity contribution in [1.82, 2.24) is 25.3 Å². The average Bonchev–Trinajstić information content (AvgIpc) is 3.41. The third kappa shape index (κ3) is 6.08. The SMILES string of the molecule is CCNC(=NCc1ccnn1C)NCC(c1ccccc1)N1CCc2sccc2C1.I. The summed E-state index contributed by atoms with van der Waals surface area (Å²) in [4.78, 5) is 8.90. The van der Waals surface area contributed by atoms with Crippen LogP contribution in [0.1, 0.15) is 34.7 Å². The topological polar surface area (TPSA) is 57.5 Å². The number of halogens is 1. The van der Waals surface area contributed by atoms with Crippen molar-refractivity contribution in [3.05, 3.63) is 75.7 Å². The molecule has 2 aromatic heterocycles. The number of rotatable bonds is 7. The van der Waals surface area contributed by atoms with E-state index in [0.717, 1.165) is 44.3 Å². The summed E-state index contributed by atoms with van der Waals surface area (Å²) in [6, 6.07) is 15.4. The number of nitrogens with zero attached hydrogens (tertiary/aromatic N) is 4. The molecule has 1 aliphatic rings. The maximum Gasteiger partial charge on any atom is 0.191 e. The number of guanidine groups is 1. The van der Waals surface area contributed by atoms with Crippen LogP contribution in [0.15, 0.2) is 59.0 Å². The Morgan fingerprint density at radius 3 is 2.77 bits per heavy atom. The molecule has 1 atom stereocenters. The van der Waals surface area contributed by atoms with Gasteiger partial charge in [-0.2, -0.15) is 5.10 Å². The van der Waals surface area contributed by atoms with Gasteiger partial charge in [0.25, 0.3) is 0 Å². The van der Waals surface area contributed by atoms with Gasteiger partial charge in [-0.05, 0) is 42.0 Å². The number of fused-ring (bicyclic) bond motifs is 1. The van der Waals surface area contributed by atoms with E-state index in [0.29, 0.717) is 12.6 Å². The zero-order valence-corrected chi connectivity index (χ0v) is 21.3. The van der Waals surface area contributed by atoms with Crippen LogP contribution in [-0.4, -0.2) is 40.3 Å². The number of hydrogen-bond donors (Lipinski definition) is 2. The summed E-state index contributed by atoms with van der Waals surface area (Å²) in [6.45, 7) is 6.42. The van der Waals surface area contributed by atoms with Crippen molar-refractivity contribution < 1.29 is 0 Å². The molecule has 1 unspecified atom stereocenters. The van der Waals surface area contributed by atoms with E-state index in [-0.39, 0.29) is 24.0 Å². The lowest BCUT2D eigenvalue weighted by atomic mass is 10.0. The van der Waals surface area contributed by atoms with Crippen LogP contribution in [-0.2, 0) is 26.6 Å². The molecule has 0 fully saturated rings. The van der Waals surface area contributed by atoms with Gasteiger partial charge in [-0.3, -0.25) is 9.58 Å². The van der Waals surface area contributed by atoms with Crippen LogP contribution in [0.25, 0.3) is 0 Å². The quantitative estimate of drug-likeness (QED) is 0.266. The highest BCUT2D eigenvalue weighted by atomic mass is 127. The third-order valence-corrected chi connectivity index (χ3v) is 6.61. The first-order valence-electron chi connectivity index (χ1n) is 10.6. The second kappa shape index (κ2) is 11.6. The van der Waals surface area contributed by atoms with E-state index in [9.17, 15) is 0 Å². The molecule has 0 spiro atoms. The first-order valence-corrected chi connectivity index (χ1v) is 11.5. The van der Waals surface area contributed by atoms with Gasteiger partial charge in [-0.25, -0.2) is 4.99 Å². The summed E-state index contributed by atoms with van der Waals surface area (Å²) in [6.07, 6.45) is 2.94. The number of hydrogen-bond acceptors (Lipinski definition) is 4. The summed E-state index contributed by atoms with van der Waals surface area (Å²) in [5.74, 6) is 0.841. The molecule has 1 aliphatic heterocycles. The molecule has 8 heteroatoms. The number of nitrogens with one attached hydrogen (secondary N) is 2. The van der Waals surface area contributed by atoms with Gasteiger partial charge in [0, 0.05) is 44.3 Å². The number of thiophene rings is 1. The smallest absolute Gasteiger partial charge is 0.191 e. The minimum absolute atomic E-state index is 0. The number of aliphatic imine (C=N–C) groups is 1. The van der Waals surface area contributed by atoms with Gasteiger partial charge in [0.1, 0.15) is 0 Å². The maximum atomic E-state index is 4.77. The van der Waals surface area contributed by atoms with E-state index in [1.807, 2.05) is 35.3 Å². The monoisotopic (exact) mass is 550 g/mol. The van der Waals surface area contributed by atoms with Crippen LogP contribution in [0, 0.1) is 0 Å². The zero-order valence-electron chi connectivity index (χ0n) is 18.1. The van der Waals surface area contributed by atoms with Crippen molar-refractivity contribution in [3.8, 4) is 0 Å².